The molecule has 0 saturated carbocycles. The van der Waals surface area contributed by atoms with Gasteiger partial charge >= 0.3 is 5.97 Å². The average Bonchev–Trinajstić information content (AvgIpc) is 2.44. The Kier molecular flexibility index (Phi) is 4.18. The van der Waals surface area contributed by atoms with E-state index in [4.69, 9.17) is 9.47 Å². The van der Waals surface area contributed by atoms with Gasteiger partial charge in [-0.3, -0.25) is 0 Å². The van der Waals surface area contributed by atoms with Gasteiger partial charge in [-0.05, 0) is 18.3 Å². The zero-order valence-electron chi connectivity index (χ0n) is 10.0. The van der Waals surface area contributed by atoms with Crippen LogP contribution in [0.15, 0.2) is 11.3 Å². The van der Waals surface area contributed by atoms with Gasteiger partial charge in [-0.25, -0.2) is 4.79 Å². The van der Waals surface area contributed by atoms with Crippen molar-refractivity contribution >= 4 is 5.97 Å². The zero-order valence-corrected chi connectivity index (χ0v) is 10.0. The topological polar surface area (TPSA) is 35.5 Å². The molecular formula is C12H20O3. The van der Waals surface area contributed by atoms with Crippen LogP contribution in [0.4, 0.5) is 0 Å². The van der Waals surface area contributed by atoms with Crippen LogP contribution in [-0.4, -0.2) is 19.2 Å². The first-order valence-corrected chi connectivity index (χ1v) is 5.52. The minimum Gasteiger partial charge on any atom is -0.493 e. The molecule has 1 rings (SSSR count). The molecule has 1 aliphatic rings. The molecule has 0 spiro atoms. The Bertz CT molecular complexity index is 264. The molecule has 3 nitrogen and oxygen atoms in total. The largest absolute Gasteiger partial charge is 0.493 e. The Morgan fingerprint density at radius 1 is 1.27 bits per heavy atom. The second-order valence-corrected chi connectivity index (χ2v) is 4.78. The van der Waals surface area contributed by atoms with E-state index in [1.165, 1.54) is 0 Å². The van der Waals surface area contributed by atoms with Crippen LogP contribution in [0.2, 0.25) is 0 Å². The highest BCUT2D eigenvalue weighted by molar-refractivity contribution is 5.91. The van der Waals surface area contributed by atoms with Crippen molar-refractivity contribution in [2.24, 2.45) is 11.8 Å². The van der Waals surface area contributed by atoms with E-state index in [1.54, 1.807) is 0 Å². The Labute approximate surface area is 91.4 Å². The van der Waals surface area contributed by atoms with Crippen LogP contribution >= 0.6 is 0 Å². The van der Waals surface area contributed by atoms with Crippen molar-refractivity contribution in [2.75, 3.05) is 13.2 Å². The quantitative estimate of drug-likeness (QED) is 0.657. The molecule has 0 radical (unpaired) electrons. The van der Waals surface area contributed by atoms with Gasteiger partial charge in [0.2, 0.25) is 0 Å². The Morgan fingerprint density at radius 2 is 1.93 bits per heavy atom. The maximum absolute atomic E-state index is 11.4. The molecule has 86 valence electrons. The van der Waals surface area contributed by atoms with E-state index in [9.17, 15) is 4.79 Å². The number of hydrogen-bond acceptors (Lipinski definition) is 3. The molecule has 3 heteroatoms. The molecule has 0 fully saturated rings. The highest BCUT2D eigenvalue weighted by atomic mass is 16.6. The molecule has 0 saturated heterocycles. The molecule has 0 N–H and O–H groups in total. The van der Waals surface area contributed by atoms with Crippen molar-refractivity contribution < 1.29 is 14.3 Å². The van der Waals surface area contributed by atoms with E-state index >= 15 is 0 Å². The van der Waals surface area contributed by atoms with Gasteiger partial charge in [-0.15, -0.1) is 0 Å². The minimum atomic E-state index is -0.206. The van der Waals surface area contributed by atoms with Crippen LogP contribution in [0.1, 0.15) is 34.1 Å². The third-order valence-electron chi connectivity index (χ3n) is 2.12. The fraction of sp³-hybridized carbons (Fsp3) is 0.750. The van der Waals surface area contributed by atoms with Crippen LogP contribution in [0, 0.1) is 11.8 Å². The number of ether oxygens (including phenoxy) is 2. The fourth-order valence-corrected chi connectivity index (χ4v) is 1.42. The maximum Gasteiger partial charge on any atom is 0.338 e. The number of hydrogen-bond donors (Lipinski definition) is 0. The summed E-state index contributed by atoms with van der Waals surface area (Å²) >= 11 is 0. The van der Waals surface area contributed by atoms with Crippen LogP contribution in [0.3, 0.4) is 0 Å². The van der Waals surface area contributed by atoms with Gasteiger partial charge in [0.15, 0.2) is 0 Å². The lowest BCUT2D eigenvalue weighted by Crippen LogP contribution is -2.05. The summed E-state index contributed by atoms with van der Waals surface area (Å²) in [5.41, 5.74) is 0.727. The van der Waals surface area contributed by atoms with Gasteiger partial charge in [0.05, 0.1) is 12.2 Å². The number of rotatable bonds is 5. The van der Waals surface area contributed by atoms with E-state index in [2.05, 4.69) is 27.7 Å². The van der Waals surface area contributed by atoms with E-state index in [-0.39, 0.29) is 5.97 Å². The molecule has 0 aromatic carbocycles. The van der Waals surface area contributed by atoms with Crippen LogP contribution < -0.4 is 0 Å². The van der Waals surface area contributed by atoms with Crippen molar-refractivity contribution in [3.8, 4) is 0 Å². The fourth-order valence-electron chi connectivity index (χ4n) is 1.42. The van der Waals surface area contributed by atoms with Crippen molar-refractivity contribution in [2.45, 2.75) is 34.1 Å². The molecular weight excluding hydrogens is 192 g/mol. The van der Waals surface area contributed by atoms with Crippen molar-refractivity contribution in [1.29, 1.82) is 0 Å². The number of cyclic esters (lactones) is 1. The summed E-state index contributed by atoms with van der Waals surface area (Å²) in [6.07, 6.45) is 0.742. The van der Waals surface area contributed by atoms with Crippen molar-refractivity contribution in [3.05, 3.63) is 11.3 Å². The van der Waals surface area contributed by atoms with E-state index in [0.29, 0.717) is 25.0 Å². The van der Waals surface area contributed by atoms with E-state index in [1.807, 2.05) is 0 Å². The predicted molar refractivity (Wildman–Crippen MR) is 58.2 cm³/mol. The second-order valence-electron chi connectivity index (χ2n) is 4.78. The maximum atomic E-state index is 11.4. The molecule has 0 aromatic rings. The lowest BCUT2D eigenvalue weighted by Gasteiger charge is -2.10. The van der Waals surface area contributed by atoms with Crippen LogP contribution in [0.5, 0.6) is 0 Å². The standard InChI is InChI=1S/C12H20O3/c1-8(2)5-10-11(7-15-12(10)13)14-6-9(3)4/h8-9H,5-7H2,1-4H3. The van der Waals surface area contributed by atoms with Gasteiger partial charge < -0.3 is 9.47 Å². The molecule has 0 aliphatic carbocycles. The molecule has 0 unspecified atom stereocenters. The molecule has 1 heterocycles. The summed E-state index contributed by atoms with van der Waals surface area (Å²) in [5, 5.41) is 0. The monoisotopic (exact) mass is 212 g/mol. The number of esters is 1. The van der Waals surface area contributed by atoms with Gasteiger partial charge in [0.25, 0.3) is 0 Å². The Morgan fingerprint density at radius 3 is 2.47 bits per heavy atom. The molecule has 0 atom stereocenters. The smallest absolute Gasteiger partial charge is 0.338 e. The van der Waals surface area contributed by atoms with Crippen molar-refractivity contribution in [3.63, 3.8) is 0 Å². The molecule has 1 aliphatic heterocycles. The zero-order chi connectivity index (χ0) is 11.4. The predicted octanol–water partition coefficient (Wildman–Crippen LogP) is 2.52. The van der Waals surface area contributed by atoms with Crippen LogP contribution in [-0.2, 0) is 14.3 Å². The lowest BCUT2D eigenvalue weighted by atomic mass is 10.0. The summed E-state index contributed by atoms with van der Waals surface area (Å²) in [5.74, 6) is 1.45. The van der Waals surface area contributed by atoms with Gasteiger partial charge in [-0.2, -0.15) is 0 Å². The lowest BCUT2D eigenvalue weighted by molar-refractivity contribution is -0.136. The Hall–Kier alpha value is -0.990. The van der Waals surface area contributed by atoms with Crippen LogP contribution in [0.25, 0.3) is 0 Å². The first-order chi connectivity index (χ1) is 7.00. The first-order valence-electron chi connectivity index (χ1n) is 5.52. The number of carbonyl (C=O) groups excluding carboxylic acids is 1. The summed E-state index contributed by atoms with van der Waals surface area (Å²) in [6.45, 7) is 9.29. The average molecular weight is 212 g/mol. The third kappa shape index (κ3) is 3.57. The van der Waals surface area contributed by atoms with E-state index < -0.39 is 0 Å². The van der Waals surface area contributed by atoms with Gasteiger partial charge in [-0.1, -0.05) is 27.7 Å². The molecule has 0 amide bonds. The van der Waals surface area contributed by atoms with Gasteiger partial charge in [0, 0.05) is 0 Å². The summed E-state index contributed by atoms with van der Waals surface area (Å²) in [7, 11) is 0. The molecule has 15 heavy (non-hydrogen) atoms. The number of carbonyl (C=O) groups is 1. The second kappa shape index (κ2) is 5.19. The summed E-state index contributed by atoms with van der Waals surface area (Å²) < 4.78 is 10.6. The first kappa shape index (κ1) is 12.1. The minimum absolute atomic E-state index is 0.206. The molecule has 0 bridgehead atoms. The summed E-state index contributed by atoms with van der Waals surface area (Å²) in [6, 6.07) is 0. The normalized spacial score (nSPS) is 16.5. The highest BCUT2D eigenvalue weighted by Crippen LogP contribution is 2.23. The van der Waals surface area contributed by atoms with Gasteiger partial charge in [0.1, 0.15) is 12.4 Å². The van der Waals surface area contributed by atoms with E-state index in [0.717, 1.165) is 17.8 Å². The third-order valence-corrected chi connectivity index (χ3v) is 2.12. The SMILES string of the molecule is CC(C)COC1=C(CC(C)C)C(=O)OC1. The highest BCUT2D eigenvalue weighted by Gasteiger charge is 2.26. The molecule has 0 aromatic heterocycles. The summed E-state index contributed by atoms with van der Waals surface area (Å²) in [4.78, 5) is 11.4. The van der Waals surface area contributed by atoms with Crippen molar-refractivity contribution in [1.82, 2.24) is 0 Å². The Balaban J connectivity index is 2.63.